The van der Waals surface area contributed by atoms with Crippen molar-refractivity contribution in [1.29, 1.82) is 0 Å². The molecular formula is C20H24N4O2. The summed E-state index contributed by atoms with van der Waals surface area (Å²) < 4.78 is 5.38. The molecule has 2 heterocycles. The first-order valence-electron chi connectivity index (χ1n) is 8.80. The molecule has 1 N–H and O–H groups in total. The Morgan fingerprint density at radius 3 is 2.77 bits per heavy atom. The lowest BCUT2D eigenvalue weighted by atomic mass is 10.1. The zero-order valence-corrected chi connectivity index (χ0v) is 15.2. The van der Waals surface area contributed by atoms with Gasteiger partial charge in [0.25, 0.3) is 0 Å². The van der Waals surface area contributed by atoms with Gasteiger partial charge in [-0.1, -0.05) is 24.3 Å². The third-order valence-corrected chi connectivity index (χ3v) is 4.25. The summed E-state index contributed by atoms with van der Waals surface area (Å²) in [4.78, 5) is 23.3. The van der Waals surface area contributed by atoms with Crippen molar-refractivity contribution in [2.45, 2.75) is 20.4 Å². The van der Waals surface area contributed by atoms with Gasteiger partial charge in [0.15, 0.2) is 0 Å². The van der Waals surface area contributed by atoms with Crippen LogP contribution in [-0.2, 0) is 16.1 Å². The lowest BCUT2D eigenvalue weighted by Gasteiger charge is -2.28. The first-order chi connectivity index (χ1) is 12.6. The average molecular weight is 352 g/mol. The molecule has 3 rings (SSSR count). The highest BCUT2D eigenvalue weighted by Gasteiger charge is 2.14. The smallest absolute Gasteiger partial charge is 0.244 e. The lowest BCUT2D eigenvalue weighted by molar-refractivity contribution is -0.116. The Kier molecular flexibility index (Phi) is 5.96. The highest BCUT2D eigenvalue weighted by Crippen LogP contribution is 2.14. The SMILES string of the molecule is Cc1cc(N2CCOCC2)nc(CNC(=O)/C=C/c2ccccc2C)n1. The molecule has 0 bridgehead atoms. The van der Waals surface area contributed by atoms with Crippen molar-refractivity contribution in [2.24, 2.45) is 0 Å². The number of morpholine rings is 1. The van der Waals surface area contributed by atoms with Crippen LogP contribution in [0.25, 0.3) is 6.08 Å². The molecule has 0 aliphatic carbocycles. The number of nitrogens with zero attached hydrogens (tertiary/aromatic N) is 3. The van der Waals surface area contributed by atoms with Crippen LogP contribution in [0.4, 0.5) is 5.82 Å². The number of carbonyl (C=O) groups excluding carboxylic acids is 1. The van der Waals surface area contributed by atoms with E-state index in [1.54, 1.807) is 6.08 Å². The van der Waals surface area contributed by atoms with Crippen LogP contribution in [0.3, 0.4) is 0 Å². The third kappa shape index (κ3) is 4.89. The molecule has 1 saturated heterocycles. The molecule has 26 heavy (non-hydrogen) atoms. The Labute approximate surface area is 153 Å². The molecular weight excluding hydrogens is 328 g/mol. The predicted octanol–water partition coefficient (Wildman–Crippen LogP) is 2.26. The number of benzene rings is 1. The minimum atomic E-state index is -0.161. The van der Waals surface area contributed by atoms with Crippen LogP contribution in [0.1, 0.15) is 22.6 Å². The number of nitrogens with one attached hydrogen (secondary N) is 1. The van der Waals surface area contributed by atoms with Crippen LogP contribution in [0, 0.1) is 13.8 Å². The van der Waals surface area contributed by atoms with Crippen molar-refractivity contribution < 1.29 is 9.53 Å². The number of rotatable bonds is 5. The van der Waals surface area contributed by atoms with E-state index in [0.717, 1.165) is 35.7 Å². The van der Waals surface area contributed by atoms with Gasteiger partial charge in [0.1, 0.15) is 11.6 Å². The molecule has 1 aromatic heterocycles. The standard InChI is InChI=1S/C20H24N4O2/c1-15-5-3-4-6-17(15)7-8-20(25)21-14-18-22-16(2)13-19(23-18)24-9-11-26-12-10-24/h3-8,13H,9-12,14H2,1-2H3,(H,21,25)/b8-7+. The summed E-state index contributed by atoms with van der Waals surface area (Å²) in [6.45, 7) is 7.32. The summed E-state index contributed by atoms with van der Waals surface area (Å²) in [5.74, 6) is 1.34. The first-order valence-corrected chi connectivity index (χ1v) is 8.80. The maximum absolute atomic E-state index is 12.1. The quantitative estimate of drug-likeness (QED) is 0.836. The zero-order chi connectivity index (χ0) is 18.4. The van der Waals surface area contributed by atoms with Crippen LogP contribution >= 0.6 is 0 Å². The summed E-state index contributed by atoms with van der Waals surface area (Å²) in [6, 6.07) is 9.91. The highest BCUT2D eigenvalue weighted by molar-refractivity contribution is 5.91. The number of carbonyl (C=O) groups is 1. The van der Waals surface area contributed by atoms with Crippen molar-refractivity contribution in [3.8, 4) is 0 Å². The van der Waals surface area contributed by atoms with Crippen molar-refractivity contribution in [1.82, 2.24) is 15.3 Å². The molecule has 1 aliphatic heterocycles. The van der Waals surface area contributed by atoms with E-state index in [2.05, 4.69) is 20.2 Å². The fraction of sp³-hybridized carbons (Fsp3) is 0.350. The molecule has 1 aliphatic rings. The monoisotopic (exact) mass is 352 g/mol. The van der Waals surface area contributed by atoms with Gasteiger partial charge in [-0.2, -0.15) is 0 Å². The molecule has 6 nitrogen and oxygen atoms in total. The maximum atomic E-state index is 12.1. The van der Waals surface area contributed by atoms with E-state index in [-0.39, 0.29) is 5.91 Å². The molecule has 1 fully saturated rings. The van der Waals surface area contributed by atoms with Gasteiger partial charge in [0.05, 0.1) is 19.8 Å². The molecule has 0 spiro atoms. The fourth-order valence-corrected chi connectivity index (χ4v) is 2.81. The summed E-state index contributed by atoms with van der Waals surface area (Å²) in [5, 5.41) is 2.85. The molecule has 0 saturated carbocycles. The van der Waals surface area contributed by atoms with E-state index in [1.807, 2.05) is 50.3 Å². The summed E-state index contributed by atoms with van der Waals surface area (Å²) in [5.41, 5.74) is 3.05. The largest absolute Gasteiger partial charge is 0.378 e. The number of aromatic nitrogens is 2. The number of aryl methyl sites for hydroxylation is 2. The second-order valence-corrected chi connectivity index (χ2v) is 6.29. The van der Waals surface area contributed by atoms with Crippen LogP contribution in [0.15, 0.2) is 36.4 Å². The Bertz CT molecular complexity index is 798. The Hall–Kier alpha value is -2.73. The number of hydrogen-bond acceptors (Lipinski definition) is 5. The van der Waals surface area contributed by atoms with Gasteiger partial charge >= 0.3 is 0 Å². The van der Waals surface area contributed by atoms with Crippen molar-refractivity contribution in [3.63, 3.8) is 0 Å². The van der Waals surface area contributed by atoms with Crippen molar-refractivity contribution >= 4 is 17.8 Å². The third-order valence-electron chi connectivity index (χ3n) is 4.25. The number of anilines is 1. The van der Waals surface area contributed by atoms with Crippen molar-refractivity contribution in [2.75, 3.05) is 31.2 Å². The van der Waals surface area contributed by atoms with Crippen molar-refractivity contribution in [3.05, 3.63) is 59.1 Å². The number of ether oxygens (including phenoxy) is 1. The van der Waals surface area contributed by atoms with Crippen LogP contribution in [-0.4, -0.2) is 42.2 Å². The highest BCUT2D eigenvalue weighted by atomic mass is 16.5. The predicted molar refractivity (Wildman–Crippen MR) is 102 cm³/mol. The average Bonchev–Trinajstić information content (AvgIpc) is 2.66. The van der Waals surface area contributed by atoms with E-state index >= 15 is 0 Å². The Morgan fingerprint density at radius 1 is 1.23 bits per heavy atom. The van der Waals surface area contributed by atoms with E-state index in [1.165, 1.54) is 0 Å². The van der Waals surface area contributed by atoms with E-state index in [0.29, 0.717) is 25.6 Å². The van der Waals surface area contributed by atoms with Gasteiger partial charge < -0.3 is 15.0 Å². The molecule has 0 radical (unpaired) electrons. The first kappa shape index (κ1) is 18.1. The summed E-state index contributed by atoms with van der Waals surface area (Å²) >= 11 is 0. The molecule has 0 atom stereocenters. The van der Waals surface area contributed by atoms with Gasteiger partial charge in [0.2, 0.25) is 5.91 Å². The number of amides is 1. The number of hydrogen-bond donors (Lipinski definition) is 1. The maximum Gasteiger partial charge on any atom is 0.244 e. The van der Waals surface area contributed by atoms with Crippen LogP contribution < -0.4 is 10.2 Å². The van der Waals surface area contributed by atoms with Crippen LogP contribution in [0.5, 0.6) is 0 Å². The van der Waals surface area contributed by atoms with Gasteiger partial charge in [-0.15, -0.1) is 0 Å². The Morgan fingerprint density at radius 2 is 2.00 bits per heavy atom. The minimum absolute atomic E-state index is 0.161. The second kappa shape index (κ2) is 8.58. The van der Waals surface area contributed by atoms with Gasteiger partial charge in [-0.05, 0) is 31.1 Å². The van der Waals surface area contributed by atoms with E-state index < -0.39 is 0 Å². The molecule has 1 amide bonds. The minimum Gasteiger partial charge on any atom is -0.378 e. The topological polar surface area (TPSA) is 67.3 Å². The van der Waals surface area contributed by atoms with E-state index in [4.69, 9.17) is 4.74 Å². The van der Waals surface area contributed by atoms with Crippen LogP contribution in [0.2, 0.25) is 0 Å². The molecule has 1 aromatic carbocycles. The van der Waals surface area contributed by atoms with Gasteiger partial charge in [-0.25, -0.2) is 9.97 Å². The molecule has 2 aromatic rings. The molecule has 6 heteroatoms. The summed E-state index contributed by atoms with van der Waals surface area (Å²) in [6.07, 6.45) is 3.36. The molecule has 136 valence electrons. The molecule has 0 unspecified atom stereocenters. The second-order valence-electron chi connectivity index (χ2n) is 6.29. The summed E-state index contributed by atoms with van der Waals surface area (Å²) in [7, 11) is 0. The lowest BCUT2D eigenvalue weighted by Crippen LogP contribution is -2.37. The van der Waals surface area contributed by atoms with Gasteiger partial charge in [0, 0.05) is 30.9 Å². The van der Waals surface area contributed by atoms with Gasteiger partial charge in [-0.3, -0.25) is 4.79 Å². The zero-order valence-electron chi connectivity index (χ0n) is 15.2. The van der Waals surface area contributed by atoms with E-state index in [9.17, 15) is 4.79 Å². The normalized spacial score (nSPS) is 14.6. The fourth-order valence-electron chi connectivity index (χ4n) is 2.81. The Balaban J connectivity index is 1.61.